The van der Waals surface area contributed by atoms with Gasteiger partial charge in [0.05, 0.1) is 11.5 Å². The monoisotopic (exact) mass is 223 g/mol. The largest absolute Gasteiger partial charge is 0.491 e. The number of carbonyl (C=O) groups excluding carboxylic acids is 1. The Balaban J connectivity index is 2.84. The molecule has 0 heterocycles. The van der Waals surface area contributed by atoms with E-state index in [0.29, 0.717) is 5.76 Å². The minimum atomic E-state index is -0.854. The average Bonchev–Trinajstić information content (AvgIpc) is 2.40. The van der Waals surface area contributed by atoms with Crippen LogP contribution in [0.25, 0.3) is 0 Å². The van der Waals surface area contributed by atoms with Gasteiger partial charge in [-0.2, -0.15) is 0 Å². The Hall–Kier alpha value is -1.55. The Morgan fingerprint density at radius 2 is 2.19 bits per heavy atom. The first-order valence-electron chi connectivity index (χ1n) is 5.18. The normalized spacial score (nSPS) is 23.9. The van der Waals surface area contributed by atoms with Crippen molar-refractivity contribution in [3.8, 4) is 0 Å². The molecule has 1 aliphatic rings. The van der Waals surface area contributed by atoms with Gasteiger partial charge in [-0.1, -0.05) is 18.2 Å². The predicted octanol–water partition coefficient (Wildman–Crippen LogP) is 1.93. The lowest BCUT2D eigenvalue weighted by atomic mass is 9.89. The van der Waals surface area contributed by atoms with E-state index in [4.69, 9.17) is 9.94 Å². The highest BCUT2D eigenvalue weighted by Crippen LogP contribution is 2.24. The summed E-state index contributed by atoms with van der Waals surface area (Å²) in [5, 5.41) is 8.64. The summed E-state index contributed by atoms with van der Waals surface area (Å²) in [7, 11) is 0. The van der Waals surface area contributed by atoms with Crippen molar-refractivity contribution in [2.24, 2.45) is 5.41 Å². The fraction of sp³-hybridized carbons (Fsp3) is 0.417. The predicted molar refractivity (Wildman–Crippen MR) is 60.6 cm³/mol. The van der Waals surface area contributed by atoms with Gasteiger partial charge in [0, 0.05) is 0 Å². The third-order valence-corrected chi connectivity index (χ3v) is 2.26. The van der Waals surface area contributed by atoms with Crippen LogP contribution in [-0.4, -0.2) is 17.2 Å². The quantitative estimate of drug-likeness (QED) is 0.567. The second-order valence-electron chi connectivity index (χ2n) is 4.15. The number of hydroxylamine groups is 1. The lowest BCUT2D eigenvalue weighted by molar-refractivity contribution is -0.134. The minimum absolute atomic E-state index is 0.0836. The molecule has 2 N–H and O–H groups in total. The van der Waals surface area contributed by atoms with E-state index in [-0.39, 0.29) is 6.10 Å². The summed E-state index contributed by atoms with van der Waals surface area (Å²) in [6.07, 6.45) is 8.73. The summed E-state index contributed by atoms with van der Waals surface area (Å²) < 4.78 is 5.51. The lowest BCUT2D eigenvalue weighted by Gasteiger charge is -2.17. The van der Waals surface area contributed by atoms with E-state index in [9.17, 15) is 4.79 Å². The van der Waals surface area contributed by atoms with Gasteiger partial charge < -0.3 is 4.74 Å². The van der Waals surface area contributed by atoms with Gasteiger partial charge in [0.15, 0.2) is 0 Å². The number of nitrogens with one attached hydrogen (secondary N) is 1. The Kier molecular flexibility index (Phi) is 3.90. The van der Waals surface area contributed by atoms with Crippen molar-refractivity contribution in [2.45, 2.75) is 26.9 Å². The molecule has 0 aromatic heterocycles. The van der Waals surface area contributed by atoms with E-state index >= 15 is 0 Å². The SMILES string of the molecule is CC(C)OC1=CC=CC(C)(C(=O)NO)C=C1. The molecule has 0 aromatic rings. The van der Waals surface area contributed by atoms with Crippen LogP contribution in [0.3, 0.4) is 0 Å². The maximum atomic E-state index is 11.4. The van der Waals surface area contributed by atoms with Crippen LogP contribution in [0.15, 0.2) is 36.1 Å². The molecule has 0 saturated heterocycles. The van der Waals surface area contributed by atoms with E-state index in [1.165, 1.54) is 0 Å². The maximum Gasteiger partial charge on any atom is 0.256 e. The molecule has 1 aliphatic carbocycles. The fourth-order valence-electron chi connectivity index (χ4n) is 1.33. The Bertz CT molecular complexity index is 355. The molecule has 1 amide bonds. The number of allylic oxidation sites excluding steroid dienone is 3. The first-order chi connectivity index (χ1) is 7.48. The summed E-state index contributed by atoms with van der Waals surface area (Å²) in [6.45, 7) is 5.57. The van der Waals surface area contributed by atoms with Crippen molar-refractivity contribution in [3.63, 3.8) is 0 Å². The number of ether oxygens (including phenoxy) is 1. The van der Waals surface area contributed by atoms with E-state index in [1.807, 2.05) is 13.8 Å². The van der Waals surface area contributed by atoms with Crippen LogP contribution >= 0.6 is 0 Å². The average molecular weight is 223 g/mol. The van der Waals surface area contributed by atoms with Crippen LogP contribution in [-0.2, 0) is 9.53 Å². The molecule has 1 rings (SSSR count). The first-order valence-corrected chi connectivity index (χ1v) is 5.18. The van der Waals surface area contributed by atoms with Crippen molar-refractivity contribution in [2.75, 3.05) is 0 Å². The van der Waals surface area contributed by atoms with E-state index in [0.717, 1.165) is 0 Å². The van der Waals surface area contributed by atoms with Crippen molar-refractivity contribution >= 4 is 5.91 Å². The van der Waals surface area contributed by atoms with Gasteiger partial charge in [0.1, 0.15) is 5.76 Å². The summed E-state index contributed by atoms with van der Waals surface area (Å²) in [6, 6.07) is 0. The highest BCUT2D eigenvalue weighted by Gasteiger charge is 2.27. The number of hydrogen-bond acceptors (Lipinski definition) is 3. The van der Waals surface area contributed by atoms with Crippen LogP contribution in [0, 0.1) is 5.41 Å². The van der Waals surface area contributed by atoms with Crippen LogP contribution in [0.2, 0.25) is 0 Å². The van der Waals surface area contributed by atoms with E-state index in [2.05, 4.69) is 0 Å². The molecule has 0 radical (unpaired) electrons. The molecule has 88 valence electrons. The highest BCUT2D eigenvalue weighted by atomic mass is 16.5. The Morgan fingerprint density at radius 3 is 2.75 bits per heavy atom. The molecule has 0 aliphatic heterocycles. The molecule has 0 aromatic carbocycles. The molecule has 4 heteroatoms. The van der Waals surface area contributed by atoms with Gasteiger partial charge in [-0.3, -0.25) is 10.0 Å². The fourth-order valence-corrected chi connectivity index (χ4v) is 1.33. The molecule has 16 heavy (non-hydrogen) atoms. The zero-order valence-corrected chi connectivity index (χ0v) is 9.73. The second kappa shape index (κ2) is 4.99. The Labute approximate surface area is 95.3 Å². The van der Waals surface area contributed by atoms with Crippen LogP contribution in [0.1, 0.15) is 20.8 Å². The number of rotatable bonds is 3. The van der Waals surface area contributed by atoms with E-state index < -0.39 is 11.3 Å². The van der Waals surface area contributed by atoms with Crippen LogP contribution in [0.5, 0.6) is 0 Å². The highest BCUT2D eigenvalue weighted by molar-refractivity contribution is 5.85. The van der Waals surface area contributed by atoms with Gasteiger partial charge in [0.25, 0.3) is 5.91 Å². The van der Waals surface area contributed by atoms with Crippen LogP contribution < -0.4 is 5.48 Å². The third-order valence-electron chi connectivity index (χ3n) is 2.26. The van der Waals surface area contributed by atoms with Gasteiger partial charge in [-0.15, -0.1) is 0 Å². The summed E-state index contributed by atoms with van der Waals surface area (Å²) in [5.41, 5.74) is 0.799. The molecule has 4 nitrogen and oxygen atoms in total. The summed E-state index contributed by atoms with van der Waals surface area (Å²) >= 11 is 0. The van der Waals surface area contributed by atoms with Crippen LogP contribution in [0.4, 0.5) is 0 Å². The lowest BCUT2D eigenvalue weighted by Crippen LogP contribution is -2.34. The molecule has 0 saturated carbocycles. The van der Waals surface area contributed by atoms with Crippen molar-refractivity contribution in [3.05, 3.63) is 36.1 Å². The van der Waals surface area contributed by atoms with Gasteiger partial charge in [-0.05, 0) is 32.9 Å². The van der Waals surface area contributed by atoms with Crippen molar-refractivity contribution in [1.82, 2.24) is 5.48 Å². The molecular weight excluding hydrogens is 206 g/mol. The van der Waals surface area contributed by atoms with Gasteiger partial charge >= 0.3 is 0 Å². The molecule has 0 fully saturated rings. The zero-order valence-electron chi connectivity index (χ0n) is 9.73. The van der Waals surface area contributed by atoms with Gasteiger partial charge in [0.2, 0.25) is 0 Å². The topological polar surface area (TPSA) is 58.6 Å². The third kappa shape index (κ3) is 2.97. The second-order valence-corrected chi connectivity index (χ2v) is 4.15. The molecule has 0 bridgehead atoms. The molecule has 1 unspecified atom stereocenters. The summed E-state index contributed by atoms with van der Waals surface area (Å²) in [5.74, 6) is 0.222. The number of hydrogen-bond donors (Lipinski definition) is 2. The standard InChI is InChI=1S/C12H17NO3/c1-9(2)16-10-5-4-7-12(3,8-6-10)11(14)13-15/h4-9,15H,1-3H3,(H,13,14). The minimum Gasteiger partial charge on any atom is -0.491 e. The molecule has 0 spiro atoms. The van der Waals surface area contributed by atoms with Crippen molar-refractivity contribution < 1.29 is 14.7 Å². The first kappa shape index (κ1) is 12.5. The molecule has 1 atom stereocenters. The Morgan fingerprint density at radius 1 is 1.50 bits per heavy atom. The number of carbonyl (C=O) groups is 1. The zero-order chi connectivity index (χ0) is 12.2. The van der Waals surface area contributed by atoms with Gasteiger partial charge in [-0.25, -0.2) is 5.48 Å². The number of amides is 1. The smallest absolute Gasteiger partial charge is 0.256 e. The maximum absolute atomic E-state index is 11.4. The molecular formula is C12H17NO3. The van der Waals surface area contributed by atoms with Crippen molar-refractivity contribution in [1.29, 1.82) is 0 Å². The van der Waals surface area contributed by atoms with E-state index in [1.54, 1.807) is 42.8 Å². The summed E-state index contributed by atoms with van der Waals surface area (Å²) in [4.78, 5) is 11.4.